The lowest BCUT2D eigenvalue weighted by molar-refractivity contribution is 0.0654. The van der Waals surface area contributed by atoms with Gasteiger partial charge in [0.05, 0.1) is 18.9 Å². The van der Waals surface area contributed by atoms with Gasteiger partial charge in [-0.2, -0.15) is 0 Å². The van der Waals surface area contributed by atoms with Gasteiger partial charge in [-0.15, -0.1) is 0 Å². The molecule has 3 heteroatoms. The van der Waals surface area contributed by atoms with Crippen LogP contribution in [0.3, 0.4) is 0 Å². The van der Waals surface area contributed by atoms with Gasteiger partial charge in [0.2, 0.25) is 0 Å². The minimum atomic E-state index is 0.259. The molecule has 0 bridgehead atoms. The van der Waals surface area contributed by atoms with Gasteiger partial charge in [-0.05, 0) is 13.8 Å². The molecule has 0 fully saturated rings. The largest absolute Gasteiger partial charge is 0.374 e. The van der Waals surface area contributed by atoms with Gasteiger partial charge in [0, 0.05) is 5.56 Å². The maximum atomic E-state index is 5.29. The molecule has 0 aliphatic rings. The third-order valence-electron chi connectivity index (χ3n) is 1.07. The predicted molar refractivity (Wildman–Crippen MR) is 36.4 cm³/mol. The van der Waals surface area contributed by atoms with Crippen LogP contribution < -0.4 is 0 Å². The van der Waals surface area contributed by atoms with Crippen LogP contribution in [0.2, 0.25) is 0 Å². The van der Waals surface area contributed by atoms with Crippen LogP contribution in [0.15, 0.2) is 17.0 Å². The Labute approximate surface area is 60.0 Å². The first-order chi connectivity index (χ1) is 4.79. The standard InChI is InChI=1S/C7H11NO2/c1-6(2)9-4-7-3-8-10-5-7/h3,5-6H,4H2,1-2H3. The molecule has 0 N–H and O–H groups in total. The third-order valence-corrected chi connectivity index (χ3v) is 1.07. The average Bonchev–Trinajstić information content (AvgIpc) is 2.34. The highest BCUT2D eigenvalue weighted by molar-refractivity contribution is 4.97. The van der Waals surface area contributed by atoms with Crippen molar-refractivity contribution in [1.82, 2.24) is 5.16 Å². The first kappa shape index (κ1) is 7.28. The fourth-order valence-corrected chi connectivity index (χ4v) is 0.561. The van der Waals surface area contributed by atoms with Crippen LogP contribution in [-0.4, -0.2) is 11.3 Å². The Hall–Kier alpha value is -0.830. The van der Waals surface area contributed by atoms with Gasteiger partial charge < -0.3 is 9.26 Å². The molecule has 0 atom stereocenters. The normalized spacial score (nSPS) is 10.7. The van der Waals surface area contributed by atoms with E-state index in [0.717, 1.165) is 5.56 Å². The molecule has 0 aromatic carbocycles. The summed E-state index contributed by atoms with van der Waals surface area (Å²) in [5.41, 5.74) is 0.980. The van der Waals surface area contributed by atoms with E-state index in [4.69, 9.17) is 4.74 Å². The average molecular weight is 141 g/mol. The fourth-order valence-electron chi connectivity index (χ4n) is 0.561. The molecule has 3 nitrogen and oxygen atoms in total. The van der Waals surface area contributed by atoms with E-state index in [1.165, 1.54) is 0 Å². The zero-order chi connectivity index (χ0) is 7.40. The van der Waals surface area contributed by atoms with Crippen LogP contribution in [0, 0.1) is 0 Å². The minimum absolute atomic E-state index is 0.259. The van der Waals surface area contributed by atoms with Crippen molar-refractivity contribution < 1.29 is 9.26 Å². The van der Waals surface area contributed by atoms with E-state index < -0.39 is 0 Å². The van der Waals surface area contributed by atoms with E-state index in [2.05, 4.69) is 9.68 Å². The number of hydrogen-bond acceptors (Lipinski definition) is 3. The quantitative estimate of drug-likeness (QED) is 0.641. The molecule has 0 spiro atoms. The highest BCUT2D eigenvalue weighted by atomic mass is 16.5. The SMILES string of the molecule is CC(C)OCc1cnoc1. The van der Waals surface area contributed by atoms with Crippen molar-refractivity contribution in [1.29, 1.82) is 0 Å². The van der Waals surface area contributed by atoms with Crippen LogP contribution in [0.5, 0.6) is 0 Å². The van der Waals surface area contributed by atoms with Gasteiger partial charge in [0.25, 0.3) is 0 Å². The van der Waals surface area contributed by atoms with E-state index in [1.807, 2.05) is 13.8 Å². The monoisotopic (exact) mass is 141 g/mol. The summed E-state index contributed by atoms with van der Waals surface area (Å²) in [6.45, 7) is 4.57. The third kappa shape index (κ3) is 2.19. The molecule has 0 unspecified atom stereocenters. The molecule has 1 aromatic rings. The topological polar surface area (TPSA) is 35.3 Å². The second kappa shape index (κ2) is 3.37. The zero-order valence-corrected chi connectivity index (χ0v) is 6.20. The van der Waals surface area contributed by atoms with Gasteiger partial charge >= 0.3 is 0 Å². The Morgan fingerprint density at radius 3 is 3.00 bits per heavy atom. The van der Waals surface area contributed by atoms with Crippen molar-refractivity contribution in [2.45, 2.75) is 26.6 Å². The second-order valence-electron chi connectivity index (χ2n) is 2.39. The maximum Gasteiger partial charge on any atom is 0.129 e. The first-order valence-corrected chi connectivity index (χ1v) is 3.29. The van der Waals surface area contributed by atoms with E-state index in [9.17, 15) is 0 Å². The minimum Gasteiger partial charge on any atom is -0.374 e. The number of ether oxygens (including phenoxy) is 1. The molecule has 0 aliphatic heterocycles. The molecule has 0 radical (unpaired) electrons. The molecule has 0 saturated carbocycles. The van der Waals surface area contributed by atoms with E-state index in [-0.39, 0.29) is 6.10 Å². The maximum absolute atomic E-state index is 5.29. The molecular weight excluding hydrogens is 130 g/mol. The molecule has 10 heavy (non-hydrogen) atoms. The smallest absolute Gasteiger partial charge is 0.129 e. The summed E-state index contributed by atoms with van der Waals surface area (Å²) in [7, 11) is 0. The number of aromatic nitrogens is 1. The van der Waals surface area contributed by atoms with Crippen LogP contribution >= 0.6 is 0 Å². The summed E-state index contributed by atoms with van der Waals surface area (Å²) in [5.74, 6) is 0. The summed E-state index contributed by atoms with van der Waals surface area (Å²) in [4.78, 5) is 0. The van der Waals surface area contributed by atoms with E-state index in [1.54, 1.807) is 12.5 Å². The lowest BCUT2D eigenvalue weighted by Gasteiger charge is -2.03. The lowest BCUT2D eigenvalue weighted by Crippen LogP contribution is -2.01. The summed E-state index contributed by atoms with van der Waals surface area (Å²) in [5, 5.41) is 3.55. The highest BCUT2D eigenvalue weighted by Gasteiger charge is 1.96. The number of rotatable bonds is 3. The summed E-state index contributed by atoms with van der Waals surface area (Å²) < 4.78 is 9.90. The second-order valence-corrected chi connectivity index (χ2v) is 2.39. The lowest BCUT2D eigenvalue weighted by atomic mass is 10.4. The van der Waals surface area contributed by atoms with Crippen LogP contribution in [0.25, 0.3) is 0 Å². The molecule has 1 heterocycles. The summed E-state index contributed by atoms with van der Waals surface area (Å²) in [6, 6.07) is 0. The molecule has 1 rings (SSSR count). The summed E-state index contributed by atoms with van der Waals surface area (Å²) >= 11 is 0. The predicted octanol–water partition coefficient (Wildman–Crippen LogP) is 1.60. The van der Waals surface area contributed by atoms with Gasteiger partial charge in [-0.3, -0.25) is 0 Å². The number of nitrogens with zero attached hydrogens (tertiary/aromatic N) is 1. The van der Waals surface area contributed by atoms with E-state index in [0.29, 0.717) is 6.61 Å². The Bertz CT molecular complexity index is 170. The Morgan fingerprint density at radius 2 is 2.50 bits per heavy atom. The van der Waals surface area contributed by atoms with Crippen LogP contribution in [-0.2, 0) is 11.3 Å². The van der Waals surface area contributed by atoms with Crippen molar-refractivity contribution >= 4 is 0 Å². The Morgan fingerprint density at radius 1 is 1.70 bits per heavy atom. The summed E-state index contributed by atoms with van der Waals surface area (Å²) in [6.07, 6.45) is 3.50. The molecule has 1 aromatic heterocycles. The van der Waals surface area contributed by atoms with Crippen molar-refractivity contribution in [3.63, 3.8) is 0 Å². The van der Waals surface area contributed by atoms with Gasteiger partial charge in [-0.1, -0.05) is 5.16 Å². The Balaban J connectivity index is 2.28. The molecule has 0 saturated heterocycles. The molecule has 0 aliphatic carbocycles. The molecular formula is C7H11NO2. The van der Waals surface area contributed by atoms with Crippen LogP contribution in [0.4, 0.5) is 0 Å². The van der Waals surface area contributed by atoms with Gasteiger partial charge in [0.15, 0.2) is 0 Å². The number of hydrogen-bond donors (Lipinski definition) is 0. The van der Waals surface area contributed by atoms with E-state index >= 15 is 0 Å². The van der Waals surface area contributed by atoms with Crippen molar-refractivity contribution in [2.75, 3.05) is 0 Å². The molecule has 0 amide bonds. The Kier molecular flexibility index (Phi) is 2.45. The van der Waals surface area contributed by atoms with Gasteiger partial charge in [-0.25, -0.2) is 0 Å². The highest BCUT2D eigenvalue weighted by Crippen LogP contribution is 2.00. The van der Waals surface area contributed by atoms with Crippen molar-refractivity contribution in [3.8, 4) is 0 Å². The molecule has 56 valence electrons. The van der Waals surface area contributed by atoms with Crippen LogP contribution in [0.1, 0.15) is 19.4 Å². The zero-order valence-electron chi connectivity index (χ0n) is 6.20. The van der Waals surface area contributed by atoms with Gasteiger partial charge in [0.1, 0.15) is 6.26 Å². The first-order valence-electron chi connectivity index (χ1n) is 3.29. The van der Waals surface area contributed by atoms with Crippen molar-refractivity contribution in [2.24, 2.45) is 0 Å². The van der Waals surface area contributed by atoms with Crippen molar-refractivity contribution in [3.05, 3.63) is 18.0 Å². The fraction of sp³-hybridized carbons (Fsp3) is 0.571.